The number of nitrogens with two attached hydrogens (primary N) is 1. The quantitative estimate of drug-likeness (QED) is 0.842. The average molecular weight is 310 g/mol. The van der Waals surface area contributed by atoms with Crippen molar-refractivity contribution >= 4 is 10.0 Å². The van der Waals surface area contributed by atoms with Gasteiger partial charge < -0.3 is 5.73 Å². The first-order valence-corrected chi connectivity index (χ1v) is 9.11. The molecule has 1 aliphatic carbocycles. The Morgan fingerprint density at radius 3 is 2.48 bits per heavy atom. The molecule has 4 nitrogen and oxygen atoms in total. The Kier molecular flexibility index (Phi) is 5.07. The highest BCUT2D eigenvalue weighted by Crippen LogP contribution is 2.33. The molecule has 2 rings (SSSR count). The predicted octanol–water partition coefficient (Wildman–Crippen LogP) is 2.65. The van der Waals surface area contributed by atoms with Crippen LogP contribution in [0.1, 0.15) is 44.2 Å². The molecule has 0 radical (unpaired) electrons. The van der Waals surface area contributed by atoms with Crippen LogP contribution < -0.4 is 5.73 Å². The summed E-state index contributed by atoms with van der Waals surface area (Å²) >= 11 is 0. The van der Waals surface area contributed by atoms with E-state index in [4.69, 9.17) is 5.73 Å². The van der Waals surface area contributed by atoms with Crippen LogP contribution in [0.25, 0.3) is 0 Å². The van der Waals surface area contributed by atoms with Crippen LogP contribution >= 0.6 is 0 Å². The maximum absolute atomic E-state index is 12.9. The normalized spacial score (nSPS) is 15.9. The molecule has 0 atom stereocenters. The number of sulfonamides is 1. The van der Waals surface area contributed by atoms with Gasteiger partial charge in [-0.1, -0.05) is 26.0 Å². The second kappa shape index (κ2) is 6.46. The van der Waals surface area contributed by atoms with Gasteiger partial charge in [0.25, 0.3) is 0 Å². The van der Waals surface area contributed by atoms with Gasteiger partial charge >= 0.3 is 0 Å². The monoisotopic (exact) mass is 310 g/mol. The molecule has 0 aliphatic heterocycles. The first-order chi connectivity index (χ1) is 9.86. The Bertz CT molecular complexity index is 592. The molecule has 21 heavy (non-hydrogen) atoms. The van der Waals surface area contributed by atoms with Gasteiger partial charge in [-0.15, -0.1) is 0 Å². The molecule has 0 heterocycles. The fraction of sp³-hybridized carbons (Fsp3) is 0.625. The molecule has 1 aromatic carbocycles. The Hall–Kier alpha value is -0.910. The van der Waals surface area contributed by atoms with Crippen LogP contribution in [0.5, 0.6) is 0 Å². The number of benzene rings is 1. The van der Waals surface area contributed by atoms with Gasteiger partial charge in [0.2, 0.25) is 10.0 Å². The van der Waals surface area contributed by atoms with Crippen LogP contribution in [0.2, 0.25) is 0 Å². The van der Waals surface area contributed by atoms with E-state index < -0.39 is 10.0 Å². The van der Waals surface area contributed by atoms with Gasteiger partial charge in [0.15, 0.2) is 0 Å². The summed E-state index contributed by atoms with van der Waals surface area (Å²) < 4.78 is 27.6. The van der Waals surface area contributed by atoms with E-state index in [-0.39, 0.29) is 6.04 Å². The van der Waals surface area contributed by atoms with Gasteiger partial charge in [0, 0.05) is 19.1 Å². The Balaban J connectivity index is 2.29. The molecule has 0 spiro atoms. The lowest BCUT2D eigenvalue weighted by Crippen LogP contribution is -2.35. The molecule has 0 amide bonds. The molecule has 118 valence electrons. The van der Waals surface area contributed by atoms with Crippen molar-refractivity contribution in [3.05, 3.63) is 29.3 Å². The summed E-state index contributed by atoms with van der Waals surface area (Å²) in [5.74, 6) is 0.502. The highest BCUT2D eigenvalue weighted by molar-refractivity contribution is 7.89. The second-order valence-electron chi connectivity index (χ2n) is 6.33. The number of nitrogens with zero attached hydrogens (tertiary/aromatic N) is 1. The van der Waals surface area contributed by atoms with E-state index in [1.165, 1.54) is 0 Å². The molecule has 5 heteroatoms. The van der Waals surface area contributed by atoms with Crippen LogP contribution in [0.3, 0.4) is 0 Å². The lowest BCUT2D eigenvalue weighted by atomic mass is 10.1. The van der Waals surface area contributed by atoms with Crippen molar-refractivity contribution < 1.29 is 8.42 Å². The van der Waals surface area contributed by atoms with Crippen LogP contribution in [0, 0.1) is 12.8 Å². The summed E-state index contributed by atoms with van der Waals surface area (Å²) in [5.41, 5.74) is 7.37. The maximum Gasteiger partial charge on any atom is 0.243 e. The minimum Gasteiger partial charge on any atom is -0.326 e. The lowest BCUT2D eigenvalue weighted by Gasteiger charge is -2.24. The molecule has 0 unspecified atom stereocenters. The number of rotatable bonds is 7. The Labute approximate surface area is 128 Å². The molecular formula is C16H26N2O2S. The third kappa shape index (κ3) is 3.84. The molecule has 1 aromatic rings. The van der Waals surface area contributed by atoms with Gasteiger partial charge in [-0.05, 0) is 49.3 Å². The smallest absolute Gasteiger partial charge is 0.243 e. The molecule has 1 saturated carbocycles. The summed E-state index contributed by atoms with van der Waals surface area (Å²) in [5, 5.41) is 0. The topological polar surface area (TPSA) is 63.4 Å². The second-order valence-corrected chi connectivity index (χ2v) is 8.19. The van der Waals surface area contributed by atoms with E-state index in [1.54, 1.807) is 10.4 Å². The van der Waals surface area contributed by atoms with Crippen LogP contribution in [0.4, 0.5) is 0 Å². The van der Waals surface area contributed by atoms with Crippen molar-refractivity contribution in [2.24, 2.45) is 11.7 Å². The summed E-state index contributed by atoms with van der Waals surface area (Å²) in [4.78, 5) is 0.426. The number of aryl methyl sites for hydroxylation is 1. The standard InChI is InChI=1S/C16H26N2O2S/c1-12(2)8-9-18(15-5-6-15)21(19,20)16-7-4-14(11-17)10-13(16)3/h4,7,10,12,15H,5-6,8-9,11,17H2,1-3H3. The zero-order valence-corrected chi connectivity index (χ0v) is 14.0. The van der Waals surface area contributed by atoms with E-state index in [0.717, 1.165) is 30.4 Å². The van der Waals surface area contributed by atoms with E-state index >= 15 is 0 Å². The van der Waals surface area contributed by atoms with Gasteiger partial charge in [-0.3, -0.25) is 0 Å². The van der Waals surface area contributed by atoms with Crippen LogP contribution in [-0.4, -0.2) is 25.3 Å². The minimum atomic E-state index is -3.40. The lowest BCUT2D eigenvalue weighted by molar-refractivity contribution is 0.373. The Morgan fingerprint density at radius 2 is 2.00 bits per heavy atom. The summed E-state index contributed by atoms with van der Waals surface area (Å²) in [6.45, 7) is 7.14. The van der Waals surface area contributed by atoms with E-state index in [9.17, 15) is 8.42 Å². The summed E-state index contributed by atoms with van der Waals surface area (Å²) in [7, 11) is -3.40. The fourth-order valence-corrected chi connectivity index (χ4v) is 4.41. The highest BCUT2D eigenvalue weighted by Gasteiger charge is 2.38. The van der Waals surface area contributed by atoms with Gasteiger partial charge in [0.1, 0.15) is 0 Å². The van der Waals surface area contributed by atoms with Crippen molar-refractivity contribution in [1.29, 1.82) is 0 Å². The summed E-state index contributed by atoms with van der Waals surface area (Å²) in [6, 6.07) is 5.59. The maximum atomic E-state index is 12.9. The molecule has 2 N–H and O–H groups in total. The summed E-state index contributed by atoms with van der Waals surface area (Å²) in [6.07, 6.45) is 2.87. The molecule has 0 bridgehead atoms. The predicted molar refractivity (Wildman–Crippen MR) is 85.4 cm³/mol. The SMILES string of the molecule is Cc1cc(CN)ccc1S(=O)(=O)N(CCC(C)C)C1CC1. The molecular weight excluding hydrogens is 284 g/mol. The first-order valence-electron chi connectivity index (χ1n) is 7.67. The van der Waals surface area contributed by atoms with E-state index in [0.29, 0.717) is 23.9 Å². The van der Waals surface area contributed by atoms with Crippen molar-refractivity contribution in [1.82, 2.24) is 4.31 Å². The van der Waals surface area contributed by atoms with Crippen molar-refractivity contribution in [3.8, 4) is 0 Å². The van der Waals surface area contributed by atoms with Crippen molar-refractivity contribution in [2.75, 3.05) is 6.54 Å². The fourth-order valence-electron chi connectivity index (χ4n) is 2.50. The minimum absolute atomic E-state index is 0.197. The van der Waals surface area contributed by atoms with E-state index in [1.807, 2.05) is 19.1 Å². The molecule has 1 fully saturated rings. The first kappa shape index (κ1) is 16.5. The van der Waals surface area contributed by atoms with Crippen LogP contribution in [-0.2, 0) is 16.6 Å². The Morgan fingerprint density at radius 1 is 1.33 bits per heavy atom. The molecule has 1 aliphatic rings. The number of hydrogen-bond acceptors (Lipinski definition) is 3. The van der Waals surface area contributed by atoms with Gasteiger partial charge in [0.05, 0.1) is 4.90 Å². The zero-order chi connectivity index (χ0) is 15.6. The average Bonchev–Trinajstić information content (AvgIpc) is 3.22. The van der Waals surface area contributed by atoms with Gasteiger partial charge in [-0.25, -0.2) is 8.42 Å². The third-order valence-corrected chi connectivity index (χ3v) is 6.05. The largest absolute Gasteiger partial charge is 0.326 e. The van der Waals surface area contributed by atoms with E-state index in [2.05, 4.69) is 13.8 Å². The van der Waals surface area contributed by atoms with Crippen LogP contribution in [0.15, 0.2) is 23.1 Å². The van der Waals surface area contributed by atoms with Crippen molar-refractivity contribution in [2.45, 2.75) is 57.5 Å². The number of hydrogen-bond donors (Lipinski definition) is 1. The zero-order valence-electron chi connectivity index (χ0n) is 13.2. The highest BCUT2D eigenvalue weighted by atomic mass is 32.2. The molecule has 0 aromatic heterocycles. The third-order valence-electron chi connectivity index (χ3n) is 3.94. The van der Waals surface area contributed by atoms with Crippen molar-refractivity contribution in [3.63, 3.8) is 0 Å². The molecule has 0 saturated heterocycles. The van der Waals surface area contributed by atoms with Gasteiger partial charge in [-0.2, -0.15) is 4.31 Å².